The smallest absolute Gasteiger partial charge is 0.270 e. The second kappa shape index (κ2) is 5.77. The van der Waals surface area contributed by atoms with Gasteiger partial charge in [0.05, 0.1) is 11.8 Å². The maximum Gasteiger partial charge on any atom is 0.270 e. The predicted molar refractivity (Wildman–Crippen MR) is 83.7 cm³/mol. The summed E-state index contributed by atoms with van der Waals surface area (Å²) in [5.41, 5.74) is 1.67. The molecule has 0 aliphatic carbocycles. The lowest BCUT2D eigenvalue weighted by Gasteiger charge is -2.34. The maximum atomic E-state index is 12.7. The molecule has 23 heavy (non-hydrogen) atoms. The van der Waals surface area contributed by atoms with Gasteiger partial charge in [-0.3, -0.25) is 4.79 Å². The summed E-state index contributed by atoms with van der Waals surface area (Å²) in [6.45, 7) is 1.46. The molecule has 2 aromatic rings. The molecule has 0 aromatic carbocycles. The second-order valence-electron chi connectivity index (χ2n) is 6.34. The van der Waals surface area contributed by atoms with E-state index in [1.54, 1.807) is 12.5 Å². The number of carbonyl (C=O) groups excluding carboxylic acids is 1. The zero-order valence-electron chi connectivity index (χ0n) is 13.1. The summed E-state index contributed by atoms with van der Waals surface area (Å²) in [5, 5.41) is 0. The highest BCUT2D eigenvalue weighted by molar-refractivity contribution is 5.92. The van der Waals surface area contributed by atoms with Gasteiger partial charge in [-0.1, -0.05) is 0 Å². The largest absolute Gasteiger partial charge is 0.367 e. The molecule has 6 nitrogen and oxygen atoms in total. The third kappa shape index (κ3) is 2.63. The Bertz CT molecular complexity index is 700. The van der Waals surface area contributed by atoms with E-state index in [9.17, 15) is 4.79 Å². The van der Waals surface area contributed by atoms with E-state index in [2.05, 4.69) is 9.97 Å². The zero-order chi connectivity index (χ0) is 15.8. The second-order valence-corrected chi connectivity index (χ2v) is 6.34. The van der Waals surface area contributed by atoms with Gasteiger partial charge in [0.1, 0.15) is 18.1 Å². The fourth-order valence-electron chi connectivity index (χ4n) is 3.64. The van der Waals surface area contributed by atoms with Crippen LogP contribution in [0.25, 0.3) is 0 Å². The van der Waals surface area contributed by atoms with Gasteiger partial charge < -0.3 is 14.2 Å². The van der Waals surface area contributed by atoms with Crippen LogP contribution in [0.5, 0.6) is 0 Å². The Labute approximate surface area is 135 Å². The third-order valence-electron chi connectivity index (χ3n) is 4.94. The number of amides is 1. The van der Waals surface area contributed by atoms with Crippen molar-refractivity contribution >= 4 is 5.91 Å². The summed E-state index contributed by atoms with van der Waals surface area (Å²) >= 11 is 0. The number of likely N-dealkylation sites (tertiary alicyclic amines) is 1. The molecule has 0 unspecified atom stereocenters. The van der Waals surface area contributed by atoms with Crippen LogP contribution in [0.2, 0.25) is 0 Å². The summed E-state index contributed by atoms with van der Waals surface area (Å²) in [6, 6.07) is 5.68. The van der Waals surface area contributed by atoms with Crippen molar-refractivity contribution < 1.29 is 9.53 Å². The lowest BCUT2D eigenvalue weighted by molar-refractivity contribution is -0.00590. The summed E-state index contributed by atoms with van der Waals surface area (Å²) in [4.78, 5) is 22.8. The van der Waals surface area contributed by atoms with Crippen molar-refractivity contribution in [1.82, 2.24) is 19.4 Å². The first-order valence-corrected chi connectivity index (χ1v) is 8.04. The monoisotopic (exact) mass is 312 g/mol. The minimum Gasteiger partial charge on any atom is -0.367 e. The summed E-state index contributed by atoms with van der Waals surface area (Å²) in [6.07, 6.45) is 7.31. The molecular formula is C17H20N4O2. The lowest BCUT2D eigenvalue weighted by atomic mass is 9.91. The normalized spacial score (nSPS) is 27.0. The van der Waals surface area contributed by atoms with Crippen molar-refractivity contribution in [3.05, 3.63) is 48.3 Å². The van der Waals surface area contributed by atoms with Crippen LogP contribution >= 0.6 is 0 Å². The van der Waals surface area contributed by atoms with Gasteiger partial charge in [0.25, 0.3) is 5.91 Å². The molecule has 4 rings (SSSR count). The quantitative estimate of drug-likeness (QED) is 0.848. The van der Waals surface area contributed by atoms with E-state index in [0.29, 0.717) is 12.5 Å². The average Bonchev–Trinajstić information content (AvgIpc) is 3.20. The van der Waals surface area contributed by atoms with Crippen LogP contribution in [0.15, 0.2) is 36.9 Å². The van der Waals surface area contributed by atoms with Gasteiger partial charge in [0.15, 0.2) is 0 Å². The Morgan fingerprint density at radius 3 is 3.04 bits per heavy atom. The number of fused-ring (bicyclic) bond motifs is 1. The molecule has 2 saturated heterocycles. The summed E-state index contributed by atoms with van der Waals surface area (Å²) in [5.74, 6) is 0.595. The first kappa shape index (κ1) is 14.4. The number of hydrogen-bond acceptors (Lipinski definition) is 4. The van der Waals surface area contributed by atoms with E-state index >= 15 is 0 Å². The number of hydrogen-bond donors (Lipinski definition) is 0. The number of aryl methyl sites for hydroxylation is 1. The van der Waals surface area contributed by atoms with E-state index in [-0.39, 0.29) is 18.1 Å². The number of nitrogens with zero attached hydrogens (tertiary/aromatic N) is 4. The van der Waals surface area contributed by atoms with Crippen LogP contribution in [-0.4, -0.2) is 44.5 Å². The first-order chi connectivity index (χ1) is 11.2. The number of carbonyl (C=O) groups is 1. The molecule has 6 heteroatoms. The highest BCUT2D eigenvalue weighted by Gasteiger charge is 2.41. The van der Waals surface area contributed by atoms with Gasteiger partial charge in [0, 0.05) is 32.5 Å². The van der Waals surface area contributed by atoms with Crippen molar-refractivity contribution in [2.24, 2.45) is 13.0 Å². The molecular weight excluding hydrogens is 292 g/mol. The van der Waals surface area contributed by atoms with Crippen LogP contribution in [0.1, 0.15) is 35.1 Å². The molecule has 2 aliphatic heterocycles. The highest BCUT2D eigenvalue weighted by Crippen LogP contribution is 2.40. The molecule has 2 fully saturated rings. The molecule has 0 saturated carbocycles. The Balaban J connectivity index is 1.46. The van der Waals surface area contributed by atoms with Crippen molar-refractivity contribution in [1.29, 1.82) is 0 Å². The summed E-state index contributed by atoms with van der Waals surface area (Å²) in [7, 11) is 1.90. The number of aromatic nitrogens is 3. The van der Waals surface area contributed by atoms with E-state index in [4.69, 9.17) is 4.74 Å². The fourth-order valence-corrected chi connectivity index (χ4v) is 3.64. The number of ether oxygens (including phenoxy) is 1. The Morgan fingerprint density at radius 1 is 1.39 bits per heavy atom. The Hall–Kier alpha value is -2.21. The molecule has 4 heterocycles. The van der Waals surface area contributed by atoms with Crippen LogP contribution in [-0.2, 0) is 11.8 Å². The van der Waals surface area contributed by atoms with Gasteiger partial charge in [-0.25, -0.2) is 9.97 Å². The van der Waals surface area contributed by atoms with Crippen LogP contribution < -0.4 is 0 Å². The predicted octanol–water partition coefficient (Wildman–Crippen LogP) is 1.81. The minimum absolute atomic E-state index is 0.0260. The fraction of sp³-hybridized carbons (Fsp3) is 0.471. The molecule has 0 bridgehead atoms. The molecule has 120 valence electrons. The third-order valence-corrected chi connectivity index (χ3v) is 4.94. The number of piperidine rings is 1. The average molecular weight is 312 g/mol. The van der Waals surface area contributed by atoms with Crippen LogP contribution in [0, 0.1) is 5.92 Å². The minimum atomic E-state index is 0.0260. The lowest BCUT2D eigenvalue weighted by Crippen LogP contribution is -2.45. The van der Waals surface area contributed by atoms with Crippen molar-refractivity contribution in [3.63, 3.8) is 0 Å². The van der Waals surface area contributed by atoms with Gasteiger partial charge in [-0.05, 0) is 37.0 Å². The molecule has 3 atom stereocenters. The van der Waals surface area contributed by atoms with E-state index in [0.717, 1.165) is 30.8 Å². The molecule has 0 spiro atoms. The van der Waals surface area contributed by atoms with Gasteiger partial charge in [-0.2, -0.15) is 0 Å². The van der Waals surface area contributed by atoms with E-state index in [1.165, 1.54) is 0 Å². The molecule has 1 amide bonds. The SMILES string of the molecule is Cn1cccc1C(=O)N1CC[C@@H]2C[C@H](c3ccncn3)O[C@H]2C1. The van der Waals surface area contributed by atoms with Gasteiger partial charge in [0.2, 0.25) is 0 Å². The van der Waals surface area contributed by atoms with Gasteiger partial charge >= 0.3 is 0 Å². The van der Waals surface area contributed by atoms with Crippen molar-refractivity contribution in [2.75, 3.05) is 13.1 Å². The standard InChI is InChI=1S/C17H20N4O2/c1-20-7-2-3-14(20)17(22)21-8-5-12-9-15(23-16(12)10-21)13-4-6-18-11-19-13/h2-4,6-7,11-12,15-16H,5,8-10H2,1H3/t12-,15-,16+/m1/s1. The van der Waals surface area contributed by atoms with E-state index in [1.807, 2.05) is 40.9 Å². The molecule has 2 aromatic heterocycles. The molecule has 0 radical (unpaired) electrons. The molecule has 2 aliphatic rings. The van der Waals surface area contributed by atoms with E-state index < -0.39 is 0 Å². The Morgan fingerprint density at radius 2 is 2.30 bits per heavy atom. The Kier molecular flexibility index (Phi) is 3.61. The van der Waals surface area contributed by atoms with Crippen LogP contribution in [0.4, 0.5) is 0 Å². The maximum absolute atomic E-state index is 12.7. The van der Waals surface area contributed by atoms with Crippen molar-refractivity contribution in [2.45, 2.75) is 25.0 Å². The van der Waals surface area contributed by atoms with Gasteiger partial charge in [-0.15, -0.1) is 0 Å². The van der Waals surface area contributed by atoms with Crippen molar-refractivity contribution in [3.8, 4) is 0 Å². The zero-order valence-corrected chi connectivity index (χ0v) is 13.1. The number of rotatable bonds is 2. The first-order valence-electron chi connectivity index (χ1n) is 8.04. The topological polar surface area (TPSA) is 60.2 Å². The molecule has 0 N–H and O–H groups in total. The summed E-state index contributed by atoms with van der Waals surface area (Å²) < 4.78 is 8.06. The highest BCUT2D eigenvalue weighted by atomic mass is 16.5. The van der Waals surface area contributed by atoms with Crippen LogP contribution in [0.3, 0.4) is 0 Å².